The maximum Gasteiger partial charge on any atom is 0.404 e. The molecule has 2 aromatic rings. The minimum atomic E-state index is -1.02. The minimum absolute atomic E-state index is 0.0687. The van der Waals surface area contributed by atoms with Gasteiger partial charge < -0.3 is 15.7 Å². The first kappa shape index (κ1) is 17.0. The van der Waals surface area contributed by atoms with Gasteiger partial charge in [0, 0.05) is 23.7 Å². The van der Waals surface area contributed by atoms with Crippen LogP contribution >= 0.6 is 0 Å². The normalized spacial score (nSPS) is 19.3. The molecule has 7 heteroatoms. The minimum Gasteiger partial charge on any atom is -0.465 e. The molecule has 132 valence electrons. The maximum atomic E-state index is 12.5. The zero-order valence-corrected chi connectivity index (χ0v) is 14.5. The van der Waals surface area contributed by atoms with Crippen molar-refractivity contribution >= 4 is 17.7 Å². The fraction of sp³-hybridized carbons (Fsp3) is 0.389. The molecule has 0 aliphatic heterocycles. The molecule has 1 fully saturated rings. The Bertz CT molecular complexity index is 807. The number of nitrogens with one attached hydrogen (secondary N) is 2. The Morgan fingerprint density at radius 1 is 1.32 bits per heavy atom. The SMILES string of the molecule is CC(C)(C)n1cc(NC(=O)c2cccc(C3CC3NC(=O)O)c2)cn1. The molecular formula is C18H22N4O3. The molecule has 1 aromatic heterocycles. The van der Waals surface area contributed by atoms with E-state index in [1.54, 1.807) is 23.1 Å². The van der Waals surface area contributed by atoms with Gasteiger partial charge in [0.1, 0.15) is 0 Å². The van der Waals surface area contributed by atoms with Gasteiger partial charge in [-0.1, -0.05) is 12.1 Å². The monoisotopic (exact) mass is 342 g/mol. The Balaban J connectivity index is 1.68. The Hall–Kier alpha value is -2.83. The van der Waals surface area contributed by atoms with E-state index in [0.717, 1.165) is 12.0 Å². The lowest BCUT2D eigenvalue weighted by Gasteiger charge is -2.18. The van der Waals surface area contributed by atoms with Crippen LogP contribution in [0.5, 0.6) is 0 Å². The average molecular weight is 342 g/mol. The summed E-state index contributed by atoms with van der Waals surface area (Å²) in [7, 11) is 0. The largest absolute Gasteiger partial charge is 0.465 e. The number of rotatable bonds is 4. The summed E-state index contributed by atoms with van der Waals surface area (Å²) in [6.45, 7) is 6.10. The van der Waals surface area contributed by atoms with Crippen LogP contribution in [0.1, 0.15) is 49.0 Å². The molecule has 0 bridgehead atoms. The van der Waals surface area contributed by atoms with Gasteiger partial charge in [-0.25, -0.2) is 4.79 Å². The Morgan fingerprint density at radius 2 is 2.08 bits per heavy atom. The van der Waals surface area contributed by atoms with Crippen LogP contribution in [0, 0.1) is 0 Å². The first-order valence-electron chi connectivity index (χ1n) is 8.20. The second-order valence-corrected chi connectivity index (χ2v) is 7.32. The van der Waals surface area contributed by atoms with Crippen LogP contribution < -0.4 is 10.6 Å². The predicted molar refractivity (Wildman–Crippen MR) is 93.9 cm³/mol. The van der Waals surface area contributed by atoms with Gasteiger partial charge in [-0.3, -0.25) is 9.48 Å². The van der Waals surface area contributed by atoms with Crippen molar-refractivity contribution in [3.63, 3.8) is 0 Å². The Morgan fingerprint density at radius 3 is 2.72 bits per heavy atom. The first-order chi connectivity index (χ1) is 11.7. The van der Waals surface area contributed by atoms with E-state index < -0.39 is 6.09 Å². The lowest BCUT2D eigenvalue weighted by atomic mass is 10.1. The molecule has 1 saturated carbocycles. The quantitative estimate of drug-likeness (QED) is 0.796. The number of anilines is 1. The number of benzene rings is 1. The highest BCUT2D eigenvalue weighted by atomic mass is 16.4. The second-order valence-electron chi connectivity index (χ2n) is 7.32. The van der Waals surface area contributed by atoms with E-state index in [9.17, 15) is 9.59 Å². The standard InChI is InChI=1S/C18H22N4O3/c1-18(2,3)22-10-13(9-19-22)20-16(23)12-6-4-5-11(7-12)14-8-15(14)21-17(24)25/h4-7,9-10,14-15,21H,8H2,1-3H3,(H,20,23)(H,24,25). The smallest absolute Gasteiger partial charge is 0.404 e. The molecule has 2 atom stereocenters. The van der Waals surface area contributed by atoms with Gasteiger partial charge in [0.2, 0.25) is 0 Å². The molecular weight excluding hydrogens is 320 g/mol. The lowest BCUT2D eigenvalue weighted by Crippen LogP contribution is -2.24. The first-order valence-corrected chi connectivity index (χ1v) is 8.20. The lowest BCUT2D eigenvalue weighted by molar-refractivity contribution is 0.102. The molecule has 0 saturated heterocycles. The number of carbonyl (C=O) groups excluding carboxylic acids is 1. The van der Waals surface area contributed by atoms with E-state index in [4.69, 9.17) is 5.11 Å². The van der Waals surface area contributed by atoms with Crippen LogP contribution in [0.3, 0.4) is 0 Å². The molecule has 25 heavy (non-hydrogen) atoms. The van der Waals surface area contributed by atoms with Crippen molar-refractivity contribution in [1.29, 1.82) is 0 Å². The topological polar surface area (TPSA) is 96.2 Å². The predicted octanol–water partition coefficient (Wildman–Crippen LogP) is 3.01. The van der Waals surface area contributed by atoms with Crippen LogP contribution in [-0.4, -0.2) is 32.9 Å². The Labute approximate surface area is 146 Å². The molecule has 2 amide bonds. The summed E-state index contributed by atoms with van der Waals surface area (Å²) in [6, 6.07) is 7.23. The average Bonchev–Trinajstić information content (AvgIpc) is 3.11. The van der Waals surface area contributed by atoms with E-state index in [0.29, 0.717) is 11.3 Å². The van der Waals surface area contributed by atoms with E-state index >= 15 is 0 Å². The second kappa shape index (κ2) is 6.23. The van der Waals surface area contributed by atoms with E-state index in [2.05, 4.69) is 15.7 Å². The van der Waals surface area contributed by atoms with E-state index in [1.165, 1.54) is 0 Å². The molecule has 2 unspecified atom stereocenters. The number of carboxylic acid groups (broad SMARTS) is 1. The summed E-state index contributed by atoms with van der Waals surface area (Å²) in [5.41, 5.74) is 2.00. The van der Waals surface area contributed by atoms with Crippen LogP contribution in [0.4, 0.5) is 10.5 Å². The summed E-state index contributed by atoms with van der Waals surface area (Å²) in [5.74, 6) is -0.0776. The summed E-state index contributed by atoms with van der Waals surface area (Å²) in [6.07, 6.45) is 3.17. The summed E-state index contributed by atoms with van der Waals surface area (Å²) < 4.78 is 1.80. The molecule has 0 radical (unpaired) electrons. The highest BCUT2D eigenvalue weighted by Crippen LogP contribution is 2.41. The molecule has 1 aromatic carbocycles. The van der Waals surface area contributed by atoms with Crippen molar-refractivity contribution in [2.45, 2.75) is 44.7 Å². The Kier molecular flexibility index (Phi) is 4.24. The van der Waals surface area contributed by atoms with Gasteiger partial charge >= 0.3 is 6.09 Å². The number of carbonyl (C=O) groups is 2. The number of hydrogen-bond donors (Lipinski definition) is 3. The van der Waals surface area contributed by atoms with Crippen LogP contribution in [-0.2, 0) is 5.54 Å². The maximum absolute atomic E-state index is 12.5. The van der Waals surface area contributed by atoms with Crippen molar-refractivity contribution in [3.8, 4) is 0 Å². The van der Waals surface area contributed by atoms with Crippen LogP contribution in [0.2, 0.25) is 0 Å². The van der Waals surface area contributed by atoms with Crippen molar-refractivity contribution in [3.05, 3.63) is 47.8 Å². The zero-order valence-electron chi connectivity index (χ0n) is 14.5. The zero-order chi connectivity index (χ0) is 18.2. The van der Waals surface area contributed by atoms with Crippen molar-refractivity contribution in [2.75, 3.05) is 5.32 Å². The molecule has 0 spiro atoms. The molecule has 1 aliphatic rings. The third kappa shape index (κ3) is 3.99. The summed E-state index contributed by atoms with van der Waals surface area (Å²) >= 11 is 0. The fourth-order valence-electron chi connectivity index (χ4n) is 2.75. The van der Waals surface area contributed by atoms with Gasteiger partial charge in [-0.15, -0.1) is 0 Å². The molecule has 1 heterocycles. The van der Waals surface area contributed by atoms with Crippen LogP contribution in [0.15, 0.2) is 36.7 Å². The number of amides is 2. The molecule has 3 N–H and O–H groups in total. The van der Waals surface area contributed by atoms with Gasteiger partial charge in [0.15, 0.2) is 0 Å². The van der Waals surface area contributed by atoms with Crippen LogP contribution in [0.25, 0.3) is 0 Å². The van der Waals surface area contributed by atoms with Gasteiger partial charge in [-0.05, 0) is 44.9 Å². The number of aromatic nitrogens is 2. The molecule has 1 aliphatic carbocycles. The number of nitrogens with zero attached hydrogens (tertiary/aromatic N) is 2. The third-order valence-corrected chi connectivity index (χ3v) is 4.20. The highest BCUT2D eigenvalue weighted by Gasteiger charge is 2.39. The molecule has 3 rings (SSSR count). The molecule has 7 nitrogen and oxygen atoms in total. The van der Waals surface area contributed by atoms with Gasteiger partial charge in [0.05, 0.1) is 17.4 Å². The van der Waals surface area contributed by atoms with Crippen molar-refractivity contribution in [1.82, 2.24) is 15.1 Å². The fourth-order valence-corrected chi connectivity index (χ4v) is 2.75. The summed E-state index contributed by atoms with van der Waals surface area (Å²) in [5, 5.41) is 18.4. The van der Waals surface area contributed by atoms with E-state index in [-0.39, 0.29) is 23.4 Å². The van der Waals surface area contributed by atoms with Gasteiger partial charge in [-0.2, -0.15) is 5.10 Å². The highest BCUT2D eigenvalue weighted by molar-refractivity contribution is 6.04. The van der Waals surface area contributed by atoms with Crippen molar-refractivity contribution < 1.29 is 14.7 Å². The summed E-state index contributed by atoms with van der Waals surface area (Å²) in [4.78, 5) is 23.2. The third-order valence-electron chi connectivity index (χ3n) is 4.20. The van der Waals surface area contributed by atoms with Gasteiger partial charge in [0.25, 0.3) is 5.91 Å². The van der Waals surface area contributed by atoms with Crippen molar-refractivity contribution in [2.24, 2.45) is 0 Å². The van der Waals surface area contributed by atoms with E-state index in [1.807, 2.05) is 39.0 Å². The number of hydrogen-bond acceptors (Lipinski definition) is 3.